The van der Waals surface area contributed by atoms with Crippen LogP contribution in [0, 0.1) is 6.92 Å². The van der Waals surface area contributed by atoms with Crippen LogP contribution in [0.4, 0.5) is 5.69 Å². The van der Waals surface area contributed by atoms with E-state index in [1.165, 1.54) is 16.4 Å². The first-order chi connectivity index (χ1) is 16.0. The van der Waals surface area contributed by atoms with Crippen molar-refractivity contribution in [3.8, 4) is 5.69 Å². The monoisotopic (exact) mass is 459 g/mol. The topological polar surface area (TPSA) is 99.6 Å². The number of rotatable bonds is 5. The van der Waals surface area contributed by atoms with Gasteiger partial charge in [0, 0.05) is 19.5 Å². The van der Waals surface area contributed by atoms with Gasteiger partial charge in [-0.1, -0.05) is 48.2 Å². The Kier molecular flexibility index (Phi) is 5.21. The van der Waals surface area contributed by atoms with Crippen molar-refractivity contribution in [3.63, 3.8) is 0 Å². The molecule has 0 unspecified atom stereocenters. The van der Waals surface area contributed by atoms with E-state index in [0.29, 0.717) is 16.5 Å². The molecule has 1 N–H and O–H groups in total. The summed E-state index contributed by atoms with van der Waals surface area (Å²) in [7, 11) is 3.71. The zero-order valence-electron chi connectivity index (χ0n) is 18.3. The van der Waals surface area contributed by atoms with Crippen LogP contribution in [-0.4, -0.2) is 40.8 Å². The second-order valence-electron chi connectivity index (χ2n) is 7.62. The van der Waals surface area contributed by atoms with Gasteiger partial charge in [0.05, 0.1) is 22.7 Å². The van der Waals surface area contributed by atoms with Crippen molar-refractivity contribution < 1.29 is 4.79 Å². The number of hydrogen-bond donors (Lipinski definition) is 1. The fourth-order valence-electron chi connectivity index (χ4n) is 3.87. The standard InChI is InChI=1S/C23H21N7O2S/c1-14-19(22(32)30(29(14)3)15-9-5-4-6-10-15)24-18(31)13-33-23-25-21-20(26-27-23)16-11-7-8-12-17(16)28(21)2/h4-12H,13H2,1-3H3,(H,24,31). The van der Waals surface area contributed by atoms with Crippen molar-refractivity contribution in [1.82, 2.24) is 29.1 Å². The van der Waals surface area contributed by atoms with Crippen LogP contribution in [0.2, 0.25) is 0 Å². The Morgan fingerprint density at radius 1 is 1.03 bits per heavy atom. The van der Waals surface area contributed by atoms with Crippen LogP contribution in [0.15, 0.2) is 64.5 Å². The molecule has 0 saturated heterocycles. The van der Waals surface area contributed by atoms with Crippen LogP contribution in [0.5, 0.6) is 0 Å². The molecule has 0 fully saturated rings. The lowest BCUT2D eigenvalue weighted by Gasteiger charge is -2.07. The predicted molar refractivity (Wildman–Crippen MR) is 129 cm³/mol. The summed E-state index contributed by atoms with van der Waals surface area (Å²) < 4.78 is 5.21. The van der Waals surface area contributed by atoms with Gasteiger partial charge in [-0.3, -0.25) is 14.3 Å². The molecule has 5 rings (SSSR count). The Balaban J connectivity index is 1.35. The summed E-state index contributed by atoms with van der Waals surface area (Å²) in [6.07, 6.45) is 0. The van der Waals surface area contributed by atoms with Gasteiger partial charge in [0.15, 0.2) is 5.65 Å². The summed E-state index contributed by atoms with van der Waals surface area (Å²) in [6.45, 7) is 1.80. The molecule has 1 amide bonds. The van der Waals surface area contributed by atoms with Gasteiger partial charge in [-0.2, -0.15) is 0 Å². The van der Waals surface area contributed by atoms with Gasteiger partial charge in [-0.05, 0) is 25.1 Å². The molecule has 0 saturated carbocycles. The average molecular weight is 460 g/mol. The number of anilines is 1. The highest BCUT2D eigenvalue weighted by atomic mass is 32.2. The number of fused-ring (bicyclic) bond motifs is 3. The van der Waals surface area contributed by atoms with Gasteiger partial charge in [0.2, 0.25) is 11.1 Å². The van der Waals surface area contributed by atoms with Crippen molar-refractivity contribution in [2.45, 2.75) is 12.1 Å². The lowest BCUT2D eigenvalue weighted by Crippen LogP contribution is -2.23. The molecular formula is C23H21N7O2S. The number of aryl methyl sites for hydroxylation is 1. The molecule has 0 radical (unpaired) electrons. The summed E-state index contributed by atoms with van der Waals surface area (Å²) in [5.41, 5.74) is 3.82. The van der Waals surface area contributed by atoms with E-state index in [-0.39, 0.29) is 22.9 Å². The van der Waals surface area contributed by atoms with E-state index in [0.717, 1.165) is 22.1 Å². The summed E-state index contributed by atoms with van der Waals surface area (Å²) in [6, 6.07) is 17.2. The van der Waals surface area contributed by atoms with E-state index in [1.807, 2.05) is 66.2 Å². The molecule has 0 aliphatic carbocycles. The zero-order chi connectivity index (χ0) is 23.1. The molecular weight excluding hydrogens is 438 g/mol. The highest BCUT2D eigenvalue weighted by Crippen LogP contribution is 2.26. The maximum absolute atomic E-state index is 13.0. The fraction of sp³-hybridized carbons (Fsp3) is 0.174. The third kappa shape index (κ3) is 3.58. The van der Waals surface area contributed by atoms with Crippen molar-refractivity contribution in [2.75, 3.05) is 11.1 Å². The molecule has 0 spiro atoms. The largest absolute Gasteiger partial charge is 0.327 e. The number of thioether (sulfide) groups is 1. The first kappa shape index (κ1) is 21.0. The third-order valence-corrected chi connectivity index (χ3v) is 6.48. The Morgan fingerprint density at radius 3 is 2.55 bits per heavy atom. The summed E-state index contributed by atoms with van der Waals surface area (Å²) in [5.74, 6) is -0.261. The molecule has 3 aromatic heterocycles. The number of nitrogens with one attached hydrogen (secondary N) is 1. The SMILES string of the molecule is Cc1c(NC(=O)CSc2nnc3c4ccccc4n(C)c3n2)c(=O)n(-c2ccccc2)n1C. The molecule has 3 heterocycles. The number of carbonyl (C=O) groups excluding carboxylic acids is 1. The first-order valence-corrected chi connectivity index (χ1v) is 11.3. The number of benzene rings is 2. The number of amides is 1. The van der Waals surface area contributed by atoms with Crippen LogP contribution in [-0.2, 0) is 18.9 Å². The molecule has 10 heteroatoms. The zero-order valence-corrected chi connectivity index (χ0v) is 19.1. The van der Waals surface area contributed by atoms with Crippen LogP contribution < -0.4 is 10.9 Å². The Bertz CT molecular complexity index is 1570. The summed E-state index contributed by atoms with van der Waals surface area (Å²) >= 11 is 1.17. The van der Waals surface area contributed by atoms with E-state index in [4.69, 9.17) is 0 Å². The Morgan fingerprint density at radius 2 is 1.76 bits per heavy atom. The molecule has 0 aliphatic rings. The highest BCUT2D eigenvalue weighted by Gasteiger charge is 2.19. The molecule has 33 heavy (non-hydrogen) atoms. The van der Waals surface area contributed by atoms with Gasteiger partial charge in [-0.25, -0.2) is 9.67 Å². The lowest BCUT2D eigenvalue weighted by molar-refractivity contribution is -0.113. The summed E-state index contributed by atoms with van der Waals surface area (Å²) in [5, 5.41) is 12.6. The van der Waals surface area contributed by atoms with Gasteiger partial charge < -0.3 is 9.88 Å². The molecule has 0 aliphatic heterocycles. The van der Waals surface area contributed by atoms with Crippen molar-refractivity contribution in [3.05, 3.63) is 70.6 Å². The van der Waals surface area contributed by atoms with Crippen LogP contribution in [0.25, 0.3) is 27.8 Å². The fourth-order valence-corrected chi connectivity index (χ4v) is 4.45. The normalized spacial score (nSPS) is 11.4. The van der Waals surface area contributed by atoms with Gasteiger partial charge in [0.25, 0.3) is 5.56 Å². The average Bonchev–Trinajstić information content (AvgIpc) is 3.24. The molecule has 9 nitrogen and oxygen atoms in total. The number of nitrogens with zero attached hydrogens (tertiary/aromatic N) is 6. The van der Waals surface area contributed by atoms with E-state index in [9.17, 15) is 9.59 Å². The van der Waals surface area contributed by atoms with Gasteiger partial charge in [-0.15, -0.1) is 10.2 Å². The minimum Gasteiger partial charge on any atom is -0.327 e. The lowest BCUT2D eigenvalue weighted by atomic mass is 10.2. The quantitative estimate of drug-likeness (QED) is 0.406. The maximum atomic E-state index is 13.0. The number of carbonyl (C=O) groups is 1. The van der Waals surface area contributed by atoms with E-state index >= 15 is 0 Å². The number of aromatic nitrogens is 6. The summed E-state index contributed by atoms with van der Waals surface area (Å²) in [4.78, 5) is 30.2. The molecule has 5 aromatic rings. The van der Waals surface area contributed by atoms with Gasteiger partial charge >= 0.3 is 0 Å². The van der Waals surface area contributed by atoms with E-state index in [1.54, 1.807) is 18.7 Å². The molecule has 0 atom stereocenters. The van der Waals surface area contributed by atoms with E-state index < -0.39 is 0 Å². The second kappa shape index (κ2) is 8.21. The van der Waals surface area contributed by atoms with Gasteiger partial charge in [0.1, 0.15) is 11.2 Å². The maximum Gasteiger partial charge on any atom is 0.295 e. The van der Waals surface area contributed by atoms with Crippen molar-refractivity contribution in [1.29, 1.82) is 0 Å². The molecule has 2 aromatic carbocycles. The Labute approximate surface area is 193 Å². The Hall–Kier alpha value is -3.92. The van der Waals surface area contributed by atoms with Crippen LogP contribution in [0.3, 0.4) is 0 Å². The van der Waals surface area contributed by atoms with Crippen LogP contribution >= 0.6 is 11.8 Å². The van der Waals surface area contributed by atoms with Crippen molar-refractivity contribution in [2.24, 2.45) is 14.1 Å². The minimum atomic E-state index is -0.313. The van der Waals surface area contributed by atoms with Crippen molar-refractivity contribution >= 4 is 45.4 Å². The van der Waals surface area contributed by atoms with E-state index in [2.05, 4.69) is 20.5 Å². The molecule has 166 valence electrons. The predicted octanol–water partition coefficient (Wildman–Crippen LogP) is 3.05. The highest BCUT2D eigenvalue weighted by molar-refractivity contribution is 7.99. The smallest absolute Gasteiger partial charge is 0.295 e. The first-order valence-electron chi connectivity index (χ1n) is 10.3. The number of para-hydroxylation sites is 2. The van der Waals surface area contributed by atoms with Crippen LogP contribution in [0.1, 0.15) is 5.69 Å². The third-order valence-electron chi connectivity index (χ3n) is 5.64. The minimum absolute atomic E-state index is 0.0518. The molecule has 0 bridgehead atoms. The number of hydrogen-bond acceptors (Lipinski definition) is 6. The second-order valence-corrected chi connectivity index (χ2v) is 8.56.